The number of imidazole rings is 1. The van der Waals surface area contributed by atoms with E-state index in [9.17, 15) is 0 Å². The van der Waals surface area contributed by atoms with Crippen molar-refractivity contribution in [3.05, 3.63) is 71.1 Å². The summed E-state index contributed by atoms with van der Waals surface area (Å²) in [5, 5.41) is 4.58. The average Bonchev–Trinajstić information content (AvgIpc) is 3.20. The topological polar surface area (TPSA) is 55.7 Å². The van der Waals surface area contributed by atoms with Crippen LogP contribution in [0.25, 0.3) is 0 Å². The third-order valence-corrected chi connectivity index (χ3v) is 4.29. The van der Waals surface area contributed by atoms with Crippen LogP contribution >= 0.6 is 0 Å². The van der Waals surface area contributed by atoms with Gasteiger partial charge in [-0.25, -0.2) is 9.67 Å². The number of methoxy groups -OCH3 is 1. The van der Waals surface area contributed by atoms with Crippen molar-refractivity contribution in [2.24, 2.45) is 0 Å². The average molecular weight is 310 g/mol. The zero-order chi connectivity index (χ0) is 16.2. The molecule has 2 heterocycles. The van der Waals surface area contributed by atoms with Crippen LogP contribution in [-0.2, 0) is 17.9 Å². The summed E-state index contributed by atoms with van der Waals surface area (Å²) in [6.45, 7) is 4.80. The maximum atomic E-state index is 5.12. The Morgan fingerprint density at radius 1 is 1.26 bits per heavy atom. The second kappa shape index (κ2) is 6.79. The van der Waals surface area contributed by atoms with Gasteiger partial charge in [-0.1, -0.05) is 18.2 Å². The highest BCUT2D eigenvalue weighted by Crippen LogP contribution is 2.30. The monoisotopic (exact) mass is 310 g/mol. The van der Waals surface area contributed by atoms with Gasteiger partial charge in [0.25, 0.3) is 0 Å². The predicted molar refractivity (Wildman–Crippen MR) is 89.3 cm³/mol. The molecule has 23 heavy (non-hydrogen) atoms. The molecular weight excluding hydrogens is 288 g/mol. The van der Waals surface area contributed by atoms with E-state index in [-0.39, 0.29) is 5.92 Å². The minimum absolute atomic E-state index is 0.211. The van der Waals surface area contributed by atoms with Crippen molar-refractivity contribution in [3.8, 4) is 0 Å². The lowest BCUT2D eigenvalue weighted by molar-refractivity contribution is 0.120. The van der Waals surface area contributed by atoms with Crippen molar-refractivity contribution in [1.29, 1.82) is 0 Å². The van der Waals surface area contributed by atoms with E-state index in [2.05, 4.69) is 47.1 Å². The van der Waals surface area contributed by atoms with Gasteiger partial charge in [0.2, 0.25) is 0 Å². The van der Waals surface area contributed by atoms with Gasteiger partial charge in [0.15, 0.2) is 0 Å². The fourth-order valence-electron chi connectivity index (χ4n) is 2.92. The molecule has 0 unspecified atom stereocenters. The lowest BCUT2D eigenvalue weighted by Crippen LogP contribution is -2.09. The van der Waals surface area contributed by atoms with E-state index >= 15 is 0 Å². The lowest BCUT2D eigenvalue weighted by Gasteiger charge is -2.18. The van der Waals surface area contributed by atoms with Crippen LogP contribution in [0, 0.1) is 13.8 Å². The van der Waals surface area contributed by atoms with Crippen LogP contribution in [0.15, 0.2) is 43.0 Å². The standard InChI is InChI=1S/C18H22N4O/c1-13-5-4-6-16(14(13)2)17(18-10-19-11-20-18)9-15-7-8-22(21-15)12-23-3/h4-8,10-11,17H,9,12H2,1-3H3,(H,19,20)/t17-/m0/s1. The largest absolute Gasteiger partial charge is 0.362 e. The summed E-state index contributed by atoms with van der Waals surface area (Å²) < 4.78 is 6.93. The third-order valence-electron chi connectivity index (χ3n) is 4.29. The van der Waals surface area contributed by atoms with E-state index in [1.54, 1.807) is 13.4 Å². The molecule has 0 saturated carbocycles. The number of hydrogen-bond acceptors (Lipinski definition) is 3. The molecule has 1 atom stereocenters. The van der Waals surface area contributed by atoms with Gasteiger partial charge in [-0.05, 0) is 36.6 Å². The summed E-state index contributed by atoms with van der Waals surface area (Å²) in [4.78, 5) is 7.46. The van der Waals surface area contributed by atoms with Gasteiger partial charge in [0.1, 0.15) is 6.73 Å². The fraction of sp³-hybridized carbons (Fsp3) is 0.333. The van der Waals surface area contributed by atoms with Crippen LogP contribution in [0.5, 0.6) is 0 Å². The van der Waals surface area contributed by atoms with Crippen LogP contribution in [0.3, 0.4) is 0 Å². The zero-order valence-electron chi connectivity index (χ0n) is 13.8. The molecule has 0 aliphatic heterocycles. The third kappa shape index (κ3) is 3.35. The van der Waals surface area contributed by atoms with Crippen LogP contribution in [0.1, 0.15) is 34.0 Å². The van der Waals surface area contributed by atoms with Crippen LogP contribution in [0.4, 0.5) is 0 Å². The molecule has 2 aromatic heterocycles. The maximum Gasteiger partial charge on any atom is 0.138 e. The van der Waals surface area contributed by atoms with E-state index in [0.717, 1.165) is 17.8 Å². The molecule has 3 aromatic rings. The Morgan fingerprint density at radius 3 is 2.87 bits per heavy atom. The van der Waals surface area contributed by atoms with Gasteiger partial charge in [-0.2, -0.15) is 5.10 Å². The highest BCUT2D eigenvalue weighted by Gasteiger charge is 2.20. The van der Waals surface area contributed by atoms with Gasteiger partial charge in [-0.3, -0.25) is 0 Å². The summed E-state index contributed by atoms with van der Waals surface area (Å²) in [6, 6.07) is 8.51. The van der Waals surface area contributed by atoms with Crippen LogP contribution < -0.4 is 0 Å². The number of rotatable bonds is 6. The molecule has 0 radical (unpaired) electrons. The molecular formula is C18H22N4O. The highest BCUT2D eigenvalue weighted by molar-refractivity contribution is 5.40. The molecule has 120 valence electrons. The summed E-state index contributed by atoms with van der Waals surface area (Å²) in [5.41, 5.74) is 6.10. The van der Waals surface area contributed by atoms with Gasteiger partial charge < -0.3 is 9.72 Å². The Balaban J connectivity index is 1.94. The van der Waals surface area contributed by atoms with Gasteiger partial charge >= 0.3 is 0 Å². The minimum atomic E-state index is 0.211. The molecule has 0 spiro atoms. The van der Waals surface area contributed by atoms with Gasteiger partial charge in [0, 0.05) is 37.5 Å². The van der Waals surface area contributed by atoms with Gasteiger partial charge in [0.05, 0.1) is 12.0 Å². The number of ether oxygens (including phenoxy) is 1. The van der Waals surface area contributed by atoms with Crippen LogP contribution in [-0.4, -0.2) is 26.9 Å². The van der Waals surface area contributed by atoms with E-state index in [1.807, 2.05) is 23.1 Å². The first-order chi connectivity index (χ1) is 11.2. The molecule has 0 aliphatic rings. The van der Waals surface area contributed by atoms with Crippen molar-refractivity contribution >= 4 is 0 Å². The van der Waals surface area contributed by atoms with E-state index in [0.29, 0.717) is 6.73 Å². The number of aryl methyl sites for hydroxylation is 1. The van der Waals surface area contributed by atoms with Crippen molar-refractivity contribution in [2.45, 2.75) is 32.9 Å². The Hall–Kier alpha value is -2.40. The second-order valence-corrected chi connectivity index (χ2v) is 5.82. The quantitative estimate of drug-likeness (QED) is 0.760. The molecule has 1 aromatic carbocycles. The predicted octanol–water partition coefficient (Wildman–Crippen LogP) is 3.20. The second-order valence-electron chi connectivity index (χ2n) is 5.82. The number of H-pyrrole nitrogens is 1. The zero-order valence-corrected chi connectivity index (χ0v) is 13.8. The maximum absolute atomic E-state index is 5.12. The fourth-order valence-corrected chi connectivity index (χ4v) is 2.92. The SMILES string of the molecule is COCn1ccc(C[C@H](c2cnc[nH]2)c2cccc(C)c2C)n1. The number of nitrogens with zero attached hydrogens (tertiary/aromatic N) is 3. The number of aromatic nitrogens is 4. The number of hydrogen-bond donors (Lipinski definition) is 1. The Bertz CT molecular complexity index is 761. The minimum Gasteiger partial charge on any atom is -0.362 e. The van der Waals surface area contributed by atoms with E-state index in [4.69, 9.17) is 4.74 Å². The molecule has 5 nitrogen and oxygen atoms in total. The van der Waals surface area contributed by atoms with Crippen molar-refractivity contribution < 1.29 is 4.74 Å². The summed E-state index contributed by atoms with van der Waals surface area (Å²) >= 11 is 0. The Labute approximate surface area is 136 Å². The first kappa shape index (κ1) is 15.5. The molecule has 0 aliphatic carbocycles. The Morgan fingerprint density at radius 2 is 2.13 bits per heavy atom. The number of benzene rings is 1. The molecule has 0 bridgehead atoms. The summed E-state index contributed by atoms with van der Waals surface area (Å²) in [5.74, 6) is 0.211. The van der Waals surface area contributed by atoms with Crippen molar-refractivity contribution in [3.63, 3.8) is 0 Å². The van der Waals surface area contributed by atoms with E-state index < -0.39 is 0 Å². The molecule has 0 saturated heterocycles. The molecule has 1 N–H and O–H groups in total. The smallest absolute Gasteiger partial charge is 0.138 e. The summed E-state index contributed by atoms with van der Waals surface area (Å²) in [6.07, 6.45) is 6.41. The molecule has 5 heteroatoms. The molecule has 3 rings (SSSR count). The van der Waals surface area contributed by atoms with Gasteiger partial charge in [-0.15, -0.1) is 0 Å². The first-order valence-electron chi connectivity index (χ1n) is 7.74. The van der Waals surface area contributed by atoms with E-state index in [1.165, 1.54) is 16.7 Å². The van der Waals surface area contributed by atoms with Crippen molar-refractivity contribution in [2.75, 3.05) is 7.11 Å². The normalized spacial score (nSPS) is 12.5. The highest BCUT2D eigenvalue weighted by atomic mass is 16.5. The Kier molecular flexibility index (Phi) is 4.57. The summed E-state index contributed by atoms with van der Waals surface area (Å²) in [7, 11) is 1.67. The number of nitrogens with one attached hydrogen (secondary N) is 1. The van der Waals surface area contributed by atoms with Crippen molar-refractivity contribution in [1.82, 2.24) is 19.7 Å². The molecule has 0 fully saturated rings. The number of aromatic amines is 1. The lowest BCUT2D eigenvalue weighted by atomic mass is 9.87. The first-order valence-corrected chi connectivity index (χ1v) is 7.74. The van der Waals surface area contributed by atoms with Crippen LogP contribution in [0.2, 0.25) is 0 Å². The molecule has 0 amide bonds.